The number of hydrogen-bond donors (Lipinski definition) is 1. The Kier molecular flexibility index (Phi) is 8.87. The molecule has 0 radical (unpaired) electrons. The Bertz CT molecular complexity index is 1090. The molecule has 3 rings (SSSR count). The molecular weight excluding hydrogens is 465 g/mol. The molecule has 0 aliphatic heterocycles. The molecule has 0 bridgehead atoms. The molecule has 0 fully saturated rings. The summed E-state index contributed by atoms with van der Waals surface area (Å²) in [6, 6.07) is 10.2. The van der Waals surface area contributed by atoms with Gasteiger partial charge in [-0.2, -0.15) is 13.2 Å². The third kappa shape index (κ3) is 8.02. The number of carboxylic acids is 1. The van der Waals surface area contributed by atoms with Crippen molar-refractivity contribution < 1.29 is 32.5 Å². The van der Waals surface area contributed by atoms with E-state index in [1.54, 1.807) is 17.8 Å². The van der Waals surface area contributed by atoms with E-state index in [9.17, 15) is 18.0 Å². The zero-order valence-electron chi connectivity index (χ0n) is 18.6. The third-order valence-corrected chi connectivity index (χ3v) is 6.02. The lowest BCUT2D eigenvalue weighted by Crippen LogP contribution is -2.10. The van der Waals surface area contributed by atoms with Gasteiger partial charge in [0, 0.05) is 10.6 Å². The van der Waals surface area contributed by atoms with Crippen molar-refractivity contribution in [2.45, 2.75) is 30.8 Å². The van der Waals surface area contributed by atoms with Gasteiger partial charge in [0.25, 0.3) is 0 Å². The van der Waals surface area contributed by atoms with Gasteiger partial charge in [0.05, 0.1) is 5.56 Å². The van der Waals surface area contributed by atoms with Gasteiger partial charge in [0.15, 0.2) is 6.61 Å². The number of aliphatic carboxylic acids is 1. The van der Waals surface area contributed by atoms with Gasteiger partial charge in [-0.3, -0.25) is 0 Å². The molecule has 180 valence electrons. The maximum absolute atomic E-state index is 12.8. The van der Waals surface area contributed by atoms with E-state index in [0.29, 0.717) is 17.3 Å². The Morgan fingerprint density at radius 1 is 1.09 bits per heavy atom. The first kappa shape index (κ1) is 25.5. The zero-order valence-corrected chi connectivity index (χ0v) is 19.4. The van der Waals surface area contributed by atoms with Gasteiger partial charge in [-0.05, 0) is 78.9 Å². The van der Waals surface area contributed by atoms with Crippen LogP contribution in [-0.4, -0.2) is 30.0 Å². The number of thioether (sulfide) groups is 1. The molecule has 0 saturated heterocycles. The first-order valence-electron chi connectivity index (χ1n) is 10.6. The topological polar surface area (TPSA) is 55.8 Å². The molecule has 1 N–H and O–H groups in total. The first-order valence-corrected chi connectivity index (χ1v) is 11.6. The smallest absolute Gasteiger partial charge is 0.416 e. The van der Waals surface area contributed by atoms with E-state index in [-0.39, 0.29) is 6.61 Å². The molecule has 0 spiro atoms. The largest absolute Gasteiger partial charge is 0.489 e. The number of ether oxygens (including phenoxy) is 2. The molecule has 0 amide bonds. The lowest BCUT2D eigenvalue weighted by atomic mass is 10.1. The lowest BCUT2D eigenvalue weighted by molar-refractivity contribution is -0.139. The summed E-state index contributed by atoms with van der Waals surface area (Å²) < 4.78 is 49.4. The zero-order chi connectivity index (χ0) is 24.6. The Hall–Kier alpha value is -3.13. The van der Waals surface area contributed by atoms with Crippen molar-refractivity contribution in [1.29, 1.82) is 0 Å². The molecule has 2 aromatic rings. The summed E-state index contributed by atoms with van der Waals surface area (Å²) in [5.74, 6) is 0.464. The van der Waals surface area contributed by atoms with Gasteiger partial charge in [0.1, 0.15) is 18.1 Å². The van der Waals surface area contributed by atoms with Crippen LogP contribution in [0.1, 0.15) is 24.0 Å². The summed E-state index contributed by atoms with van der Waals surface area (Å²) in [4.78, 5) is 11.7. The van der Waals surface area contributed by atoms with Gasteiger partial charge in [0.2, 0.25) is 0 Å². The van der Waals surface area contributed by atoms with Crippen LogP contribution in [-0.2, 0) is 11.0 Å². The van der Waals surface area contributed by atoms with Gasteiger partial charge in [-0.1, -0.05) is 24.3 Å². The second-order valence-corrected chi connectivity index (χ2v) is 8.74. The summed E-state index contributed by atoms with van der Waals surface area (Å²) in [5.41, 5.74) is 2.17. The SMILES string of the molecule is Cc1cc(SC/C(=C/C2=CCCC=C2)COc2ccc(C(F)(F)F)cc2)ccc1OCC(=O)O. The van der Waals surface area contributed by atoms with Crippen molar-refractivity contribution in [3.8, 4) is 11.5 Å². The minimum Gasteiger partial charge on any atom is -0.489 e. The standard InChI is InChI=1S/C26H25F3O4S/c1-18-13-23(11-12-24(18)33-16-25(30)31)34-17-20(14-19-5-3-2-4-6-19)15-32-22-9-7-21(8-10-22)26(27,28)29/h3,5-14H,2,4,15-17H2,1H3,(H,30,31)/b20-14+. The van der Waals surface area contributed by atoms with Crippen LogP contribution in [0.2, 0.25) is 0 Å². The Morgan fingerprint density at radius 2 is 1.85 bits per heavy atom. The van der Waals surface area contributed by atoms with E-state index < -0.39 is 24.3 Å². The van der Waals surface area contributed by atoms with Crippen molar-refractivity contribution in [2.75, 3.05) is 19.0 Å². The van der Waals surface area contributed by atoms with E-state index in [2.05, 4.69) is 12.2 Å². The van der Waals surface area contributed by atoms with Crippen LogP contribution >= 0.6 is 11.8 Å². The number of alkyl halides is 3. The molecule has 0 unspecified atom stereocenters. The average Bonchev–Trinajstić information content (AvgIpc) is 2.80. The average molecular weight is 491 g/mol. The maximum atomic E-state index is 12.8. The van der Waals surface area contributed by atoms with Crippen LogP contribution in [0, 0.1) is 6.92 Å². The number of carboxylic acid groups (broad SMARTS) is 1. The Balaban J connectivity index is 1.67. The molecule has 4 nitrogen and oxygen atoms in total. The molecule has 34 heavy (non-hydrogen) atoms. The van der Waals surface area contributed by atoms with Crippen molar-refractivity contribution in [2.24, 2.45) is 0 Å². The number of rotatable bonds is 10. The van der Waals surface area contributed by atoms with Crippen LogP contribution in [0.3, 0.4) is 0 Å². The van der Waals surface area contributed by atoms with E-state index in [1.807, 2.05) is 31.2 Å². The summed E-state index contributed by atoms with van der Waals surface area (Å²) >= 11 is 1.59. The molecular formula is C26H25F3O4S. The van der Waals surface area contributed by atoms with Crippen molar-refractivity contribution >= 4 is 17.7 Å². The van der Waals surface area contributed by atoms with Gasteiger partial charge >= 0.3 is 12.1 Å². The highest BCUT2D eigenvalue weighted by Crippen LogP contribution is 2.31. The summed E-state index contributed by atoms with van der Waals surface area (Å²) in [7, 11) is 0. The molecule has 2 aromatic carbocycles. The molecule has 0 atom stereocenters. The summed E-state index contributed by atoms with van der Waals surface area (Å²) in [6.07, 6.45) is 5.91. The fourth-order valence-electron chi connectivity index (χ4n) is 3.21. The molecule has 0 aromatic heterocycles. The quantitative estimate of drug-likeness (QED) is 0.369. The number of allylic oxidation sites excluding steroid dienone is 5. The Labute approximate surface area is 200 Å². The van der Waals surface area contributed by atoms with E-state index in [4.69, 9.17) is 14.6 Å². The van der Waals surface area contributed by atoms with E-state index >= 15 is 0 Å². The number of aryl methyl sites for hydroxylation is 1. The van der Waals surface area contributed by atoms with Crippen LogP contribution < -0.4 is 9.47 Å². The maximum Gasteiger partial charge on any atom is 0.416 e. The van der Waals surface area contributed by atoms with Crippen LogP contribution in [0.15, 0.2) is 82.8 Å². The van der Waals surface area contributed by atoms with Crippen molar-refractivity contribution in [1.82, 2.24) is 0 Å². The highest BCUT2D eigenvalue weighted by molar-refractivity contribution is 7.99. The number of carbonyl (C=O) groups is 1. The molecule has 1 aliphatic carbocycles. The Morgan fingerprint density at radius 3 is 2.47 bits per heavy atom. The number of hydrogen-bond acceptors (Lipinski definition) is 4. The molecule has 0 saturated carbocycles. The molecule has 1 aliphatic rings. The lowest BCUT2D eigenvalue weighted by Gasteiger charge is -2.13. The summed E-state index contributed by atoms with van der Waals surface area (Å²) in [5, 5.41) is 8.78. The van der Waals surface area contributed by atoms with Crippen LogP contribution in [0.4, 0.5) is 13.2 Å². The monoisotopic (exact) mass is 490 g/mol. The second kappa shape index (κ2) is 11.8. The minimum atomic E-state index is -4.38. The van der Waals surface area contributed by atoms with Crippen LogP contribution in [0.25, 0.3) is 0 Å². The highest BCUT2D eigenvalue weighted by Gasteiger charge is 2.30. The predicted molar refractivity (Wildman–Crippen MR) is 127 cm³/mol. The number of halogens is 3. The van der Waals surface area contributed by atoms with E-state index in [0.717, 1.165) is 46.6 Å². The number of benzene rings is 2. The first-order chi connectivity index (χ1) is 16.2. The van der Waals surface area contributed by atoms with Gasteiger partial charge < -0.3 is 14.6 Å². The van der Waals surface area contributed by atoms with Crippen molar-refractivity contribution in [3.63, 3.8) is 0 Å². The second-order valence-electron chi connectivity index (χ2n) is 7.70. The third-order valence-electron chi connectivity index (χ3n) is 4.92. The molecule has 0 heterocycles. The minimum absolute atomic E-state index is 0.238. The van der Waals surface area contributed by atoms with Crippen LogP contribution in [0.5, 0.6) is 11.5 Å². The fraction of sp³-hybridized carbons (Fsp3) is 0.269. The normalized spacial score (nSPS) is 14.0. The van der Waals surface area contributed by atoms with Gasteiger partial charge in [-0.25, -0.2) is 4.79 Å². The van der Waals surface area contributed by atoms with Crippen molar-refractivity contribution in [3.05, 3.63) is 89.0 Å². The highest BCUT2D eigenvalue weighted by atomic mass is 32.2. The summed E-state index contributed by atoms with van der Waals surface area (Å²) in [6.45, 7) is 1.69. The van der Waals surface area contributed by atoms with E-state index in [1.165, 1.54) is 12.1 Å². The van der Waals surface area contributed by atoms with Gasteiger partial charge in [-0.15, -0.1) is 11.8 Å². The fourth-order valence-corrected chi connectivity index (χ4v) is 4.15. The predicted octanol–water partition coefficient (Wildman–Crippen LogP) is 6.85. The molecule has 8 heteroatoms.